The van der Waals surface area contributed by atoms with Gasteiger partial charge in [-0.15, -0.1) is 22.9 Å². The molecular formula is C67H74F2N14O8S. The second-order valence-electron chi connectivity index (χ2n) is 26.6. The second kappa shape index (κ2) is 24.7. The third kappa shape index (κ3) is 12.0. The number of hydrogen-bond donors (Lipinski definition) is 5. The second-order valence-corrected chi connectivity index (χ2v) is 27.5. The maximum Gasteiger partial charge on any atom is 0.409 e. The quantitative estimate of drug-likeness (QED) is 0.0485. The van der Waals surface area contributed by atoms with Gasteiger partial charge in [0.05, 0.1) is 57.0 Å². The summed E-state index contributed by atoms with van der Waals surface area (Å²) in [5.74, 6) is -0.331. The lowest BCUT2D eigenvalue weighted by atomic mass is 9.85. The zero-order chi connectivity index (χ0) is 64.5. The Bertz CT molecular complexity index is 4090. The summed E-state index contributed by atoms with van der Waals surface area (Å²) in [6.07, 6.45) is 12.5. The number of phenols is 1. The van der Waals surface area contributed by atoms with Crippen molar-refractivity contribution < 1.29 is 47.6 Å². The van der Waals surface area contributed by atoms with Gasteiger partial charge >= 0.3 is 12.1 Å². The number of fused-ring (bicyclic) bond motifs is 5. The number of piperazine rings is 1. The molecule has 3 aromatic carbocycles. The Balaban J connectivity index is 0.629. The summed E-state index contributed by atoms with van der Waals surface area (Å²) < 4.78 is 46.8. The minimum atomic E-state index is -1.09. The number of aliphatic hydroxyl groups excluding tert-OH is 1. The molecule has 13 rings (SSSR count). The maximum absolute atomic E-state index is 17.4. The van der Waals surface area contributed by atoms with Crippen LogP contribution in [-0.4, -0.2) is 178 Å². The van der Waals surface area contributed by atoms with Crippen molar-refractivity contribution in [2.24, 2.45) is 5.41 Å². The average molecular weight is 1270 g/mol. The van der Waals surface area contributed by atoms with E-state index in [1.807, 2.05) is 58.9 Å². The fourth-order valence-corrected chi connectivity index (χ4v) is 15.4. The molecule has 5 N–H and O–H groups in total. The number of halogens is 2. The van der Waals surface area contributed by atoms with Crippen LogP contribution in [-0.2, 0) is 14.3 Å². The van der Waals surface area contributed by atoms with Gasteiger partial charge in [0, 0.05) is 81.0 Å². The molecule has 8 atom stereocenters. The number of piperidine rings is 1. The van der Waals surface area contributed by atoms with Crippen molar-refractivity contribution in [3.63, 3.8) is 0 Å². The standard InChI is InChI=1S/C67H74F2N14O8S/c1-8-48-51(68)16-13-41-23-46(84)24-49(54(41)48)56-55(69)57-50(27-70-56)60(80-29-42-14-15-43(30-80)73-42)76-64(74-57)91-34-67-20-17-45(82(67)28-36(2)26-67)33-90-65(89)79-21-18-44(19-22-79)83-32-52(77-78-83)61(86)75-59(66(5,6)7)63(88)81-31-47(85)25-53(81)62(87)72-37(3)39-9-11-40(12-10-39)58-38(4)71-35-92-58/h1,9-13,16,23-24,27,32,35,37,42-45,47,53,59,73,84-85H,2,14-15,17-22,25-26,28-31,33-34H2,3-7H3,(H,72,87)(H,75,86)/t37-,42?,43?,45-,47+,53-,59+,67-/m0/s1. The van der Waals surface area contributed by atoms with Gasteiger partial charge in [-0.3, -0.25) is 24.3 Å². The van der Waals surface area contributed by atoms with E-state index >= 15 is 8.78 Å². The topological polar surface area (TPSA) is 259 Å². The summed E-state index contributed by atoms with van der Waals surface area (Å²) in [7, 11) is 0. The van der Waals surface area contributed by atoms with Gasteiger partial charge in [-0.1, -0.05) is 74.4 Å². The molecule has 480 valence electrons. The average Bonchev–Trinajstić information content (AvgIpc) is 1.13. The van der Waals surface area contributed by atoms with Gasteiger partial charge < -0.3 is 50.3 Å². The number of aromatic hydroxyl groups is 1. The highest BCUT2D eigenvalue weighted by Crippen LogP contribution is 2.46. The number of ether oxygens (including phenoxy) is 2. The Morgan fingerprint density at radius 2 is 1.75 bits per heavy atom. The van der Waals surface area contributed by atoms with Crippen molar-refractivity contribution in [3.8, 4) is 45.8 Å². The Labute approximate surface area is 534 Å². The normalized spacial score (nSPS) is 23.2. The monoisotopic (exact) mass is 1270 g/mol. The predicted octanol–water partition coefficient (Wildman–Crippen LogP) is 7.77. The number of β-amino-alcohol motifs (C(OH)–C–C–N with tert-alkyl or cyclic N) is 1. The summed E-state index contributed by atoms with van der Waals surface area (Å²) in [6, 6.07) is 10.9. The lowest BCUT2D eigenvalue weighted by Gasteiger charge is -2.35. The van der Waals surface area contributed by atoms with Gasteiger partial charge in [-0.2, -0.15) is 9.97 Å². The Hall–Kier alpha value is -8.70. The molecule has 0 aliphatic carbocycles. The number of terminal acetylenes is 1. The number of likely N-dealkylation sites (tertiary alicyclic amines) is 2. The van der Waals surface area contributed by atoms with Crippen molar-refractivity contribution in [1.29, 1.82) is 0 Å². The minimum Gasteiger partial charge on any atom is -0.508 e. The molecular weight excluding hydrogens is 1200 g/mol. The number of phenolic OH excluding ortho intramolecular Hbond substituents is 1. The maximum atomic E-state index is 17.4. The number of anilines is 1. The number of rotatable bonds is 15. The van der Waals surface area contributed by atoms with Crippen LogP contribution in [0.25, 0.3) is 43.4 Å². The van der Waals surface area contributed by atoms with Crippen molar-refractivity contribution >= 4 is 62.6 Å². The Morgan fingerprint density at radius 1 is 0.989 bits per heavy atom. The number of nitrogens with one attached hydrogen (secondary N) is 3. The van der Waals surface area contributed by atoms with E-state index in [1.165, 1.54) is 41.6 Å². The van der Waals surface area contributed by atoms with Crippen LogP contribution >= 0.6 is 11.3 Å². The lowest BCUT2D eigenvalue weighted by molar-refractivity contribution is -0.142. The fourth-order valence-electron chi connectivity index (χ4n) is 14.5. The highest BCUT2D eigenvalue weighted by Gasteiger charge is 2.52. The van der Waals surface area contributed by atoms with Crippen LogP contribution in [0.3, 0.4) is 0 Å². The van der Waals surface area contributed by atoms with Crippen LogP contribution < -0.4 is 25.6 Å². The Kier molecular flexibility index (Phi) is 16.7. The molecule has 0 saturated carbocycles. The van der Waals surface area contributed by atoms with Crippen LogP contribution in [0, 0.1) is 36.3 Å². The first-order valence-electron chi connectivity index (χ1n) is 31.4. The summed E-state index contributed by atoms with van der Waals surface area (Å²) in [6.45, 7) is 16.3. The molecule has 6 aliphatic heterocycles. The van der Waals surface area contributed by atoms with Gasteiger partial charge in [0.1, 0.15) is 53.9 Å². The number of carbonyl (C=O) groups excluding carboxylic acids is 4. The minimum absolute atomic E-state index is 0.00551. The molecule has 2 unspecified atom stereocenters. The summed E-state index contributed by atoms with van der Waals surface area (Å²) in [5, 5.41) is 40.7. The molecule has 10 heterocycles. The number of hydrogen-bond acceptors (Lipinski definition) is 18. The molecule has 25 heteroatoms. The summed E-state index contributed by atoms with van der Waals surface area (Å²) >= 11 is 1.56. The highest BCUT2D eigenvalue weighted by molar-refractivity contribution is 7.13. The summed E-state index contributed by atoms with van der Waals surface area (Å²) in [5.41, 5.74) is 4.07. The SMILES string of the molecule is C#Cc1c(F)ccc2cc(O)cc(-c3ncc4c(N5CC6CCC(C5)N6)nc(OC[C@@]56CC[C@@H](COC(=O)N7CCC(n8cc(C(=O)N[C@H](C(=O)N9C[C@H](O)C[C@H]9C(=O)N[C@@H](C)c9ccc(-c%10scnc%10C)cc9)C(C)(C)C)nn8)CC7)N5CC(=C)C6)nc4c3F)c12. The molecule has 0 radical (unpaired) electrons. The van der Waals surface area contributed by atoms with E-state index in [-0.39, 0.29) is 95.5 Å². The fraction of sp³-hybridized carbons (Fsp3) is 0.463. The van der Waals surface area contributed by atoms with E-state index in [1.54, 1.807) is 26.4 Å². The van der Waals surface area contributed by atoms with Crippen LogP contribution in [0.15, 0.2) is 78.6 Å². The van der Waals surface area contributed by atoms with Gasteiger partial charge in [0.25, 0.3) is 5.91 Å². The van der Waals surface area contributed by atoms with E-state index < -0.39 is 70.6 Å². The van der Waals surface area contributed by atoms with Crippen LogP contribution in [0.4, 0.5) is 19.4 Å². The number of pyridine rings is 1. The molecule has 7 aromatic rings. The van der Waals surface area contributed by atoms with Crippen molar-refractivity contribution in [3.05, 3.63) is 113 Å². The number of aromatic nitrogens is 7. The van der Waals surface area contributed by atoms with Gasteiger partial charge in [-0.25, -0.2) is 23.2 Å². The number of thiazole rings is 1. The molecule has 92 heavy (non-hydrogen) atoms. The molecule has 6 aliphatic rings. The molecule has 22 nitrogen and oxygen atoms in total. The van der Waals surface area contributed by atoms with Gasteiger partial charge in [0.2, 0.25) is 11.8 Å². The van der Waals surface area contributed by atoms with Gasteiger partial charge in [0.15, 0.2) is 11.5 Å². The first kappa shape index (κ1) is 62.1. The number of aliphatic hydroxyl groups is 1. The van der Waals surface area contributed by atoms with Crippen molar-refractivity contribution in [1.82, 2.24) is 65.6 Å². The molecule has 0 spiro atoms. The van der Waals surface area contributed by atoms with E-state index in [0.717, 1.165) is 40.1 Å². The van der Waals surface area contributed by atoms with E-state index in [9.17, 15) is 29.4 Å². The molecule has 4 aromatic heterocycles. The van der Waals surface area contributed by atoms with Crippen LogP contribution in [0.5, 0.6) is 11.8 Å². The summed E-state index contributed by atoms with van der Waals surface area (Å²) in [4.78, 5) is 83.1. The molecule has 6 saturated heterocycles. The highest BCUT2D eigenvalue weighted by atomic mass is 32.1. The largest absolute Gasteiger partial charge is 0.508 e. The molecule has 4 amide bonds. The third-order valence-electron chi connectivity index (χ3n) is 19.3. The van der Waals surface area contributed by atoms with Crippen LogP contribution in [0.2, 0.25) is 0 Å². The number of nitrogens with zero attached hydrogens (tertiary/aromatic N) is 11. The number of aryl methyl sites for hydroxylation is 1. The first-order valence-corrected chi connectivity index (χ1v) is 32.3. The first-order chi connectivity index (χ1) is 44.1. The third-order valence-corrected chi connectivity index (χ3v) is 20.3. The number of carbonyl (C=O) groups is 4. The van der Waals surface area contributed by atoms with Crippen LogP contribution in [0.1, 0.15) is 118 Å². The molecule has 2 bridgehead atoms. The predicted molar refractivity (Wildman–Crippen MR) is 341 cm³/mol. The van der Waals surface area contributed by atoms with Gasteiger partial charge in [-0.05, 0) is 98.9 Å². The van der Waals surface area contributed by atoms with Crippen molar-refractivity contribution in [2.75, 3.05) is 57.4 Å². The molecule has 6 fully saturated rings. The number of benzene rings is 3. The van der Waals surface area contributed by atoms with Crippen molar-refractivity contribution in [2.45, 2.75) is 140 Å². The zero-order valence-electron chi connectivity index (χ0n) is 52.0. The Morgan fingerprint density at radius 3 is 2.47 bits per heavy atom. The lowest BCUT2D eigenvalue weighted by Crippen LogP contribution is -2.57. The zero-order valence-corrected chi connectivity index (χ0v) is 52.8. The smallest absolute Gasteiger partial charge is 0.409 e. The van der Waals surface area contributed by atoms with E-state index in [2.05, 4.69) is 58.5 Å². The van der Waals surface area contributed by atoms with E-state index in [0.29, 0.717) is 81.4 Å². The van der Waals surface area contributed by atoms with E-state index in [4.69, 9.17) is 25.9 Å². The number of amides is 4.